The number of carboxylic acid groups (broad SMARTS) is 1. The number of fused-ring (bicyclic) bond motifs is 1. The molecule has 0 saturated carbocycles. The van der Waals surface area contributed by atoms with Gasteiger partial charge in [-0.1, -0.05) is 13.8 Å². The monoisotopic (exact) mass is 424 g/mol. The number of hydrogen-bond donors (Lipinski definition) is 2. The molecule has 0 radical (unpaired) electrons. The van der Waals surface area contributed by atoms with Crippen LogP contribution in [0.5, 0.6) is 5.75 Å². The van der Waals surface area contributed by atoms with Gasteiger partial charge in [0.25, 0.3) is 0 Å². The van der Waals surface area contributed by atoms with Crippen molar-refractivity contribution >= 4 is 29.2 Å². The molecule has 0 spiro atoms. The molecule has 3 heterocycles. The summed E-state index contributed by atoms with van der Waals surface area (Å²) in [7, 11) is 0. The molecule has 2 N–H and O–H groups in total. The van der Waals surface area contributed by atoms with Crippen LogP contribution in [0.1, 0.15) is 32.3 Å². The first-order valence-electron chi connectivity index (χ1n) is 10.7. The summed E-state index contributed by atoms with van der Waals surface area (Å²) < 4.78 is 6.00. The van der Waals surface area contributed by atoms with Gasteiger partial charge in [-0.25, -0.2) is 9.78 Å². The van der Waals surface area contributed by atoms with Crippen molar-refractivity contribution in [3.8, 4) is 5.75 Å². The lowest BCUT2D eigenvalue weighted by atomic mass is 10.1. The Morgan fingerprint density at radius 1 is 1.16 bits per heavy atom. The van der Waals surface area contributed by atoms with E-state index in [2.05, 4.69) is 15.2 Å². The van der Waals surface area contributed by atoms with E-state index in [-0.39, 0.29) is 17.9 Å². The molecule has 1 aromatic carbocycles. The van der Waals surface area contributed by atoms with Crippen LogP contribution in [-0.2, 0) is 11.2 Å². The Labute approximate surface area is 181 Å². The number of benzene rings is 1. The van der Waals surface area contributed by atoms with E-state index in [4.69, 9.17) is 9.84 Å². The van der Waals surface area contributed by atoms with E-state index >= 15 is 0 Å². The maximum Gasteiger partial charge on any atom is 0.407 e. The summed E-state index contributed by atoms with van der Waals surface area (Å²) in [5.74, 6) is 1.51. The Hall–Kier alpha value is -3.29. The van der Waals surface area contributed by atoms with Crippen LogP contribution in [0.15, 0.2) is 36.5 Å². The maximum absolute atomic E-state index is 11.9. The van der Waals surface area contributed by atoms with Crippen LogP contribution in [0.25, 0.3) is 0 Å². The summed E-state index contributed by atoms with van der Waals surface area (Å²) in [5.41, 5.74) is 3.11. The lowest BCUT2D eigenvalue weighted by Gasteiger charge is -2.30. The molecular formula is C23H28N4O4. The summed E-state index contributed by atoms with van der Waals surface area (Å²) in [4.78, 5) is 31.1. The number of carbonyl (C=O) groups is 2. The van der Waals surface area contributed by atoms with Crippen LogP contribution >= 0.6 is 0 Å². The minimum atomic E-state index is -0.871. The fourth-order valence-electron chi connectivity index (χ4n) is 3.96. The molecule has 1 aromatic heterocycles. The summed E-state index contributed by atoms with van der Waals surface area (Å²) in [6, 6.07) is 9.86. The number of hydrogen-bond acceptors (Lipinski definition) is 5. The van der Waals surface area contributed by atoms with E-state index in [9.17, 15) is 9.59 Å². The number of aromatic nitrogens is 1. The molecule has 0 aliphatic carbocycles. The zero-order valence-electron chi connectivity index (χ0n) is 17.9. The zero-order valence-corrected chi connectivity index (χ0v) is 17.9. The highest BCUT2D eigenvalue weighted by atomic mass is 16.5. The molecule has 8 nitrogen and oxygen atoms in total. The van der Waals surface area contributed by atoms with Gasteiger partial charge >= 0.3 is 6.09 Å². The van der Waals surface area contributed by atoms with Crippen LogP contribution in [0.4, 0.5) is 22.0 Å². The number of rotatable bonds is 5. The third-order valence-corrected chi connectivity index (χ3v) is 5.78. The number of carbonyl (C=O) groups excluding carboxylic acids is 1. The Kier molecular flexibility index (Phi) is 5.97. The van der Waals surface area contributed by atoms with Crippen LogP contribution in [0, 0.1) is 5.92 Å². The Morgan fingerprint density at radius 2 is 1.94 bits per heavy atom. The summed E-state index contributed by atoms with van der Waals surface area (Å²) >= 11 is 0. The number of pyridine rings is 1. The van der Waals surface area contributed by atoms with Gasteiger partial charge in [0.2, 0.25) is 5.91 Å². The van der Waals surface area contributed by atoms with Gasteiger partial charge in [0.1, 0.15) is 17.7 Å². The third kappa shape index (κ3) is 4.73. The number of piperidine rings is 1. The second kappa shape index (κ2) is 8.83. The Balaban J connectivity index is 1.38. The highest BCUT2D eigenvalue weighted by Crippen LogP contribution is 2.35. The molecule has 2 amide bonds. The molecule has 2 aromatic rings. The number of ether oxygens (including phenoxy) is 1. The predicted molar refractivity (Wildman–Crippen MR) is 118 cm³/mol. The molecule has 8 heteroatoms. The van der Waals surface area contributed by atoms with Gasteiger partial charge in [0.15, 0.2) is 0 Å². The zero-order chi connectivity index (χ0) is 22.0. The molecule has 0 bridgehead atoms. The van der Waals surface area contributed by atoms with Gasteiger partial charge in [-0.15, -0.1) is 0 Å². The SMILES string of the molecule is CC(C)C(=O)Nc1ccc2c(c1)CCN2c1ccc(OC2CCN(C(=O)O)CC2)cn1. The largest absolute Gasteiger partial charge is 0.489 e. The van der Waals surface area contributed by atoms with E-state index in [1.165, 1.54) is 10.5 Å². The van der Waals surface area contributed by atoms with E-state index in [0.29, 0.717) is 31.7 Å². The molecule has 0 atom stereocenters. The van der Waals surface area contributed by atoms with E-state index in [1.807, 2.05) is 44.2 Å². The number of anilines is 3. The molecule has 31 heavy (non-hydrogen) atoms. The summed E-state index contributed by atoms with van der Waals surface area (Å²) in [6.07, 6.45) is 3.13. The molecule has 164 valence electrons. The number of likely N-dealkylation sites (tertiary alicyclic amines) is 1. The van der Waals surface area contributed by atoms with Crippen LogP contribution in [-0.4, -0.2) is 52.7 Å². The van der Waals surface area contributed by atoms with Gasteiger partial charge in [0, 0.05) is 49.8 Å². The number of nitrogens with one attached hydrogen (secondary N) is 1. The fourth-order valence-corrected chi connectivity index (χ4v) is 3.96. The first kappa shape index (κ1) is 21.0. The van der Waals surface area contributed by atoms with E-state index in [1.54, 1.807) is 6.20 Å². The first-order chi connectivity index (χ1) is 14.9. The Morgan fingerprint density at radius 3 is 2.58 bits per heavy atom. The van der Waals surface area contributed by atoms with Crippen molar-refractivity contribution in [3.63, 3.8) is 0 Å². The lowest BCUT2D eigenvalue weighted by molar-refractivity contribution is -0.118. The molecule has 2 aliphatic heterocycles. The van der Waals surface area contributed by atoms with Gasteiger partial charge in [0.05, 0.1) is 6.20 Å². The smallest absolute Gasteiger partial charge is 0.407 e. The fraction of sp³-hybridized carbons (Fsp3) is 0.435. The number of nitrogens with zero attached hydrogens (tertiary/aromatic N) is 3. The van der Waals surface area contributed by atoms with E-state index < -0.39 is 6.09 Å². The third-order valence-electron chi connectivity index (χ3n) is 5.78. The highest BCUT2D eigenvalue weighted by Gasteiger charge is 2.25. The average Bonchev–Trinajstić information content (AvgIpc) is 3.18. The van der Waals surface area contributed by atoms with Gasteiger partial charge in [-0.2, -0.15) is 0 Å². The first-order valence-corrected chi connectivity index (χ1v) is 10.7. The van der Waals surface area contributed by atoms with Crippen molar-refractivity contribution < 1.29 is 19.4 Å². The van der Waals surface area contributed by atoms with Gasteiger partial charge < -0.3 is 25.0 Å². The molecule has 0 unspecified atom stereocenters. The lowest BCUT2D eigenvalue weighted by Crippen LogP contribution is -2.41. The maximum atomic E-state index is 11.9. The van der Waals surface area contributed by atoms with Crippen molar-refractivity contribution in [2.45, 2.75) is 39.2 Å². The van der Waals surface area contributed by atoms with Crippen molar-refractivity contribution in [1.82, 2.24) is 9.88 Å². The second-order valence-electron chi connectivity index (χ2n) is 8.33. The van der Waals surface area contributed by atoms with Crippen LogP contribution < -0.4 is 15.0 Å². The highest BCUT2D eigenvalue weighted by molar-refractivity contribution is 5.92. The van der Waals surface area contributed by atoms with Crippen LogP contribution in [0.2, 0.25) is 0 Å². The van der Waals surface area contributed by atoms with Gasteiger partial charge in [-0.05, 0) is 42.3 Å². The van der Waals surface area contributed by atoms with Crippen molar-refractivity contribution in [2.24, 2.45) is 5.92 Å². The normalized spacial score (nSPS) is 16.4. The minimum absolute atomic E-state index is 0.00948. The number of amides is 2. The van der Waals surface area contributed by atoms with Crippen molar-refractivity contribution in [1.29, 1.82) is 0 Å². The molecular weight excluding hydrogens is 396 g/mol. The molecule has 4 rings (SSSR count). The van der Waals surface area contributed by atoms with Crippen molar-refractivity contribution in [3.05, 3.63) is 42.1 Å². The van der Waals surface area contributed by atoms with E-state index in [0.717, 1.165) is 30.2 Å². The molecule has 2 aliphatic rings. The molecule has 1 saturated heterocycles. The second-order valence-corrected chi connectivity index (χ2v) is 8.33. The van der Waals surface area contributed by atoms with Crippen LogP contribution in [0.3, 0.4) is 0 Å². The van der Waals surface area contributed by atoms with Gasteiger partial charge in [-0.3, -0.25) is 4.79 Å². The Bertz CT molecular complexity index is 953. The standard InChI is InChI=1S/C23H28N4O4/c1-15(2)22(28)25-17-3-5-20-16(13-17)7-12-27(20)21-6-4-19(14-24-21)31-18-8-10-26(11-9-18)23(29)30/h3-6,13-15,18H,7-12H2,1-2H3,(H,25,28)(H,29,30). The average molecular weight is 425 g/mol. The predicted octanol–water partition coefficient (Wildman–Crippen LogP) is 3.89. The minimum Gasteiger partial charge on any atom is -0.489 e. The summed E-state index contributed by atoms with van der Waals surface area (Å²) in [5, 5.41) is 12.0. The summed E-state index contributed by atoms with van der Waals surface area (Å²) in [6.45, 7) is 5.58. The quantitative estimate of drug-likeness (QED) is 0.756. The molecule has 1 fully saturated rings. The topological polar surface area (TPSA) is 95.0 Å². The van der Waals surface area contributed by atoms with Crippen molar-refractivity contribution in [2.75, 3.05) is 29.9 Å².